The highest BCUT2D eigenvalue weighted by Crippen LogP contribution is 2.20. The standard InChI is InChI=1S/C22H29ClO5/c1-15(2)20(14-9-16(3)7-6-8-21(24)26-5)28-22(25)17(4)27-19-12-10-18(23)11-13-19/h6,8,10-13,16-17,20H,1,7,9,14H2,2-5H3. The molecule has 0 aliphatic carbocycles. The van der Waals surface area contributed by atoms with Crippen LogP contribution in [0.25, 0.3) is 0 Å². The minimum atomic E-state index is -0.747. The van der Waals surface area contributed by atoms with Crippen LogP contribution in [0.4, 0.5) is 0 Å². The van der Waals surface area contributed by atoms with Crippen LogP contribution in [0.5, 0.6) is 5.75 Å². The molecule has 0 heterocycles. The Hall–Kier alpha value is -2.27. The topological polar surface area (TPSA) is 61.8 Å². The Morgan fingerprint density at radius 2 is 1.82 bits per heavy atom. The molecule has 0 aliphatic rings. The zero-order chi connectivity index (χ0) is 21.1. The van der Waals surface area contributed by atoms with Crippen LogP contribution in [0.2, 0.25) is 5.02 Å². The van der Waals surface area contributed by atoms with Gasteiger partial charge in [0.25, 0.3) is 0 Å². The van der Waals surface area contributed by atoms with Crippen molar-refractivity contribution in [2.45, 2.75) is 52.2 Å². The molecule has 0 bridgehead atoms. The van der Waals surface area contributed by atoms with E-state index in [-0.39, 0.29) is 12.1 Å². The Bertz CT molecular complexity index is 681. The van der Waals surface area contributed by atoms with Gasteiger partial charge in [-0.2, -0.15) is 0 Å². The summed E-state index contributed by atoms with van der Waals surface area (Å²) in [6.45, 7) is 9.49. The number of allylic oxidation sites excluding steroid dienone is 1. The van der Waals surface area contributed by atoms with Crippen molar-refractivity contribution in [1.29, 1.82) is 0 Å². The fourth-order valence-corrected chi connectivity index (χ4v) is 2.55. The number of hydrogen-bond donors (Lipinski definition) is 0. The fourth-order valence-electron chi connectivity index (χ4n) is 2.43. The van der Waals surface area contributed by atoms with Crippen molar-refractivity contribution in [2.24, 2.45) is 5.92 Å². The molecule has 0 aliphatic heterocycles. The van der Waals surface area contributed by atoms with Gasteiger partial charge in [-0.3, -0.25) is 0 Å². The molecule has 0 saturated carbocycles. The van der Waals surface area contributed by atoms with Gasteiger partial charge in [0.1, 0.15) is 11.9 Å². The van der Waals surface area contributed by atoms with E-state index in [0.717, 1.165) is 18.4 Å². The van der Waals surface area contributed by atoms with E-state index in [1.807, 2.05) is 6.92 Å². The van der Waals surface area contributed by atoms with Crippen molar-refractivity contribution in [1.82, 2.24) is 0 Å². The Kier molecular flexibility index (Phi) is 10.4. The van der Waals surface area contributed by atoms with Crippen molar-refractivity contribution in [3.05, 3.63) is 53.6 Å². The van der Waals surface area contributed by atoms with Crippen molar-refractivity contribution in [3.63, 3.8) is 0 Å². The van der Waals surface area contributed by atoms with Crippen LogP contribution in [0.3, 0.4) is 0 Å². The van der Waals surface area contributed by atoms with Crippen molar-refractivity contribution >= 4 is 23.5 Å². The molecule has 1 aromatic rings. The molecule has 0 N–H and O–H groups in total. The van der Waals surface area contributed by atoms with Crippen molar-refractivity contribution < 1.29 is 23.8 Å². The normalized spacial score (nSPS) is 14.2. The van der Waals surface area contributed by atoms with Crippen LogP contribution >= 0.6 is 11.6 Å². The lowest BCUT2D eigenvalue weighted by Crippen LogP contribution is -2.30. The molecule has 1 rings (SSSR count). The van der Waals surface area contributed by atoms with Crippen molar-refractivity contribution in [2.75, 3.05) is 7.11 Å². The van der Waals surface area contributed by atoms with Crippen LogP contribution < -0.4 is 4.74 Å². The van der Waals surface area contributed by atoms with Gasteiger partial charge in [0.05, 0.1) is 7.11 Å². The maximum absolute atomic E-state index is 12.4. The maximum atomic E-state index is 12.4. The van der Waals surface area contributed by atoms with E-state index < -0.39 is 12.1 Å². The van der Waals surface area contributed by atoms with E-state index in [4.69, 9.17) is 21.1 Å². The average Bonchev–Trinajstić information content (AvgIpc) is 2.66. The van der Waals surface area contributed by atoms with E-state index in [2.05, 4.69) is 18.2 Å². The lowest BCUT2D eigenvalue weighted by Gasteiger charge is -2.22. The highest BCUT2D eigenvalue weighted by molar-refractivity contribution is 6.30. The number of hydrogen-bond acceptors (Lipinski definition) is 5. The summed E-state index contributed by atoms with van der Waals surface area (Å²) in [5, 5.41) is 0.598. The molecule has 0 amide bonds. The zero-order valence-corrected chi connectivity index (χ0v) is 17.7. The Morgan fingerprint density at radius 1 is 1.18 bits per heavy atom. The minimum absolute atomic E-state index is 0.323. The summed E-state index contributed by atoms with van der Waals surface area (Å²) < 4.78 is 15.8. The Morgan fingerprint density at radius 3 is 2.39 bits per heavy atom. The first-order chi connectivity index (χ1) is 13.2. The largest absolute Gasteiger partial charge is 0.479 e. The van der Waals surface area contributed by atoms with Gasteiger partial charge in [-0.1, -0.05) is 31.2 Å². The molecule has 0 radical (unpaired) electrons. The minimum Gasteiger partial charge on any atom is -0.479 e. The maximum Gasteiger partial charge on any atom is 0.347 e. The van der Waals surface area contributed by atoms with Gasteiger partial charge >= 0.3 is 11.9 Å². The summed E-state index contributed by atoms with van der Waals surface area (Å²) >= 11 is 5.85. The second-order valence-corrected chi connectivity index (χ2v) is 7.27. The molecule has 28 heavy (non-hydrogen) atoms. The SMILES string of the molecule is C=C(C)C(CCC(C)CC=CC(=O)OC)OC(=O)C(C)Oc1ccc(Cl)cc1. The lowest BCUT2D eigenvalue weighted by molar-refractivity contribution is -0.155. The molecular weight excluding hydrogens is 380 g/mol. The third kappa shape index (κ3) is 9.09. The summed E-state index contributed by atoms with van der Waals surface area (Å²) in [6.07, 6.45) is 4.30. The number of carbonyl (C=O) groups is 2. The zero-order valence-electron chi connectivity index (χ0n) is 16.9. The van der Waals surface area contributed by atoms with Crippen LogP contribution in [0.1, 0.15) is 40.0 Å². The van der Waals surface area contributed by atoms with E-state index in [1.54, 1.807) is 37.3 Å². The van der Waals surface area contributed by atoms with Gasteiger partial charge in [0, 0.05) is 11.1 Å². The second kappa shape index (κ2) is 12.2. The number of halogens is 1. The first-order valence-corrected chi connectivity index (χ1v) is 9.63. The number of methoxy groups -OCH3 is 1. The molecule has 3 unspecified atom stereocenters. The van der Waals surface area contributed by atoms with Crippen LogP contribution in [0.15, 0.2) is 48.6 Å². The molecule has 6 heteroatoms. The summed E-state index contributed by atoms with van der Waals surface area (Å²) in [7, 11) is 1.35. The summed E-state index contributed by atoms with van der Waals surface area (Å²) in [6, 6.07) is 6.79. The van der Waals surface area contributed by atoms with Gasteiger partial charge in [0.15, 0.2) is 6.10 Å². The smallest absolute Gasteiger partial charge is 0.347 e. The summed E-state index contributed by atoms with van der Waals surface area (Å²) in [5.74, 6) is 0.0627. The molecular formula is C22H29ClO5. The summed E-state index contributed by atoms with van der Waals surface area (Å²) in [4.78, 5) is 23.5. The quantitative estimate of drug-likeness (QED) is 0.288. The molecule has 3 atom stereocenters. The molecule has 0 aromatic heterocycles. The molecule has 5 nitrogen and oxygen atoms in total. The van der Waals surface area contributed by atoms with Crippen LogP contribution in [-0.4, -0.2) is 31.3 Å². The predicted molar refractivity (Wildman–Crippen MR) is 110 cm³/mol. The molecule has 0 saturated heterocycles. The van der Waals surface area contributed by atoms with Gasteiger partial charge in [-0.05, 0) is 68.9 Å². The van der Waals surface area contributed by atoms with Crippen molar-refractivity contribution in [3.8, 4) is 5.75 Å². The number of rotatable bonds is 11. The number of ether oxygens (including phenoxy) is 3. The second-order valence-electron chi connectivity index (χ2n) is 6.83. The van der Waals surface area contributed by atoms with E-state index in [1.165, 1.54) is 13.2 Å². The third-order valence-electron chi connectivity index (χ3n) is 4.18. The van der Waals surface area contributed by atoms with E-state index >= 15 is 0 Å². The van der Waals surface area contributed by atoms with Gasteiger partial charge in [0.2, 0.25) is 0 Å². The number of benzene rings is 1. The first kappa shape index (κ1) is 23.8. The van der Waals surface area contributed by atoms with Crippen LogP contribution in [0, 0.1) is 5.92 Å². The number of carbonyl (C=O) groups excluding carboxylic acids is 2. The van der Waals surface area contributed by atoms with Gasteiger partial charge in [-0.25, -0.2) is 9.59 Å². The molecule has 154 valence electrons. The Labute approximate surface area is 172 Å². The first-order valence-electron chi connectivity index (χ1n) is 9.25. The molecule has 1 aromatic carbocycles. The number of esters is 2. The average molecular weight is 409 g/mol. The third-order valence-corrected chi connectivity index (χ3v) is 4.43. The highest BCUT2D eigenvalue weighted by atomic mass is 35.5. The van der Waals surface area contributed by atoms with Crippen LogP contribution in [-0.2, 0) is 19.1 Å². The van der Waals surface area contributed by atoms with Gasteiger partial charge in [-0.15, -0.1) is 0 Å². The monoisotopic (exact) mass is 408 g/mol. The fraction of sp³-hybridized carbons (Fsp3) is 0.455. The molecule has 0 spiro atoms. The lowest BCUT2D eigenvalue weighted by atomic mass is 9.97. The van der Waals surface area contributed by atoms with Gasteiger partial charge < -0.3 is 14.2 Å². The summed E-state index contributed by atoms with van der Waals surface area (Å²) in [5.41, 5.74) is 0.782. The molecule has 0 fully saturated rings. The van der Waals surface area contributed by atoms with E-state index in [9.17, 15) is 9.59 Å². The van der Waals surface area contributed by atoms with E-state index in [0.29, 0.717) is 23.1 Å². The highest BCUT2D eigenvalue weighted by Gasteiger charge is 2.22. The predicted octanol–water partition coefficient (Wildman–Crippen LogP) is 5.13. The Balaban J connectivity index is 2.50.